The van der Waals surface area contributed by atoms with Gasteiger partial charge in [-0.15, -0.1) is 10.2 Å². The second-order valence-corrected chi connectivity index (χ2v) is 12.0. The number of carbonyl (C=O) groups excluding carboxylic acids is 1. The lowest BCUT2D eigenvalue weighted by Crippen LogP contribution is -2.13. The van der Waals surface area contributed by atoms with Gasteiger partial charge in [0.2, 0.25) is 19.3 Å². The Hall–Kier alpha value is -3.75. The van der Waals surface area contributed by atoms with Gasteiger partial charge >= 0.3 is 0 Å². The number of hydrogen-bond acceptors (Lipinski definition) is 9. The van der Waals surface area contributed by atoms with Crippen LogP contribution >= 0.6 is 11.3 Å². The highest BCUT2D eigenvalue weighted by atomic mass is 32.2. The lowest BCUT2D eigenvalue weighted by Gasteiger charge is -2.19. The summed E-state index contributed by atoms with van der Waals surface area (Å²) >= 11 is 0.708. The van der Waals surface area contributed by atoms with Crippen LogP contribution in [0.3, 0.4) is 0 Å². The third-order valence-corrected chi connectivity index (χ3v) is 7.35. The Labute approximate surface area is 214 Å². The van der Waals surface area contributed by atoms with Gasteiger partial charge in [0.1, 0.15) is 36.4 Å². The van der Waals surface area contributed by atoms with Crippen LogP contribution in [0.2, 0.25) is 0 Å². The van der Waals surface area contributed by atoms with E-state index in [1.165, 1.54) is 11.6 Å². The van der Waals surface area contributed by atoms with E-state index >= 15 is 0 Å². The molecule has 1 heterocycles. The minimum Gasteiger partial charge on any atom is -0.490 e. The first-order valence-electron chi connectivity index (χ1n) is 10.9. The highest BCUT2D eigenvalue weighted by molar-refractivity contribution is 7.92. The fourth-order valence-electron chi connectivity index (χ4n) is 2.92. The summed E-state index contributed by atoms with van der Waals surface area (Å²) in [5.41, 5.74) is 1.76. The van der Waals surface area contributed by atoms with E-state index in [9.17, 15) is 18.5 Å². The molecule has 0 atom stereocenters. The zero-order valence-electron chi connectivity index (χ0n) is 20.3. The molecule has 0 saturated carbocycles. The summed E-state index contributed by atoms with van der Waals surface area (Å²) < 4.78 is 34.2. The maximum absolute atomic E-state index is 12.4. The van der Waals surface area contributed by atoms with E-state index in [1.54, 1.807) is 24.3 Å². The number of hydrogen-bond donors (Lipinski definition) is 1. The Morgan fingerprint density at radius 2 is 1.58 bits per heavy atom. The van der Waals surface area contributed by atoms with E-state index in [0.29, 0.717) is 35.9 Å². The fourth-order valence-corrected chi connectivity index (χ4v) is 4.42. The first-order valence-corrected chi connectivity index (χ1v) is 13.6. The van der Waals surface area contributed by atoms with Gasteiger partial charge in [0, 0.05) is 6.26 Å². The summed E-state index contributed by atoms with van der Waals surface area (Å²) in [6.45, 7) is 7.20. The van der Waals surface area contributed by atoms with Crippen molar-refractivity contribution in [1.29, 1.82) is 5.26 Å². The van der Waals surface area contributed by atoms with Crippen molar-refractivity contribution in [3.8, 4) is 17.6 Å². The van der Waals surface area contributed by atoms with Crippen molar-refractivity contribution in [3.63, 3.8) is 0 Å². The highest BCUT2D eigenvalue weighted by Gasteiger charge is 2.17. The van der Waals surface area contributed by atoms with Crippen LogP contribution in [0.25, 0.3) is 6.08 Å². The zero-order chi connectivity index (χ0) is 26.3. The van der Waals surface area contributed by atoms with Gasteiger partial charge in [-0.25, -0.2) is 8.42 Å². The molecule has 3 rings (SSSR count). The maximum atomic E-state index is 12.4. The number of anilines is 1. The number of nitrogens with one attached hydrogen (secondary N) is 1. The molecule has 0 radical (unpaired) electrons. The molecule has 0 unspecified atom stereocenters. The van der Waals surface area contributed by atoms with Crippen LogP contribution in [0.5, 0.6) is 11.5 Å². The first-order chi connectivity index (χ1) is 17.0. The Morgan fingerprint density at radius 1 is 1.03 bits per heavy atom. The number of nitrogens with zero attached hydrogens (tertiary/aromatic N) is 3. The lowest BCUT2D eigenvalue weighted by atomic mass is 9.87. The van der Waals surface area contributed by atoms with Crippen LogP contribution < -0.4 is 14.8 Å². The molecule has 1 aromatic heterocycles. The van der Waals surface area contributed by atoms with Gasteiger partial charge in [-0.1, -0.05) is 56.4 Å². The second-order valence-electron chi connectivity index (χ2n) is 8.81. The molecule has 2 aromatic carbocycles. The fraction of sp³-hybridized carbons (Fsp3) is 0.280. The summed E-state index contributed by atoms with van der Waals surface area (Å²) in [6.07, 6.45) is 2.40. The summed E-state index contributed by atoms with van der Waals surface area (Å²) in [6, 6.07) is 16.7. The summed E-state index contributed by atoms with van der Waals surface area (Å²) in [4.78, 5) is 12.4. The van der Waals surface area contributed by atoms with Crippen molar-refractivity contribution in [2.45, 2.75) is 30.5 Å². The molecule has 9 nitrogen and oxygen atoms in total. The molecule has 0 saturated heterocycles. The molecule has 0 bridgehead atoms. The average molecular weight is 527 g/mol. The monoisotopic (exact) mass is 526 g/mol. The summed E-state index contributed by atoms with van der Waals surface area (Å²) in [5.74, 6) is 0.668. The minimum absolute atomic E-state index is 0.0160. The first kappa shape index (κ1) is 26.8. The van der Waals surface area contributed by atoms with Crippen LogP contribution in [-0.4, -0.2) is 44.0 Å². The van der Waals surface area contributed by atoms with Crippen molar-refractivity contribution in [2.24, 2.45) is 0 Å². The Kier molecular flexibility index (Phi) is 8.45. The minimum atomic E-state index is -3.53. The number of carbonyl (C=O) groups is 1. The maximum Gasteiger partial charge on any atom is 0.268 e. The zero-order valence-corrected chi connectivity index (χ0v) is 21.9. The van der Waals surface area contributed by atoms with E-state index < -0.39 is 15.7 Å². The quantitative estimate of drug-likeness (QED) is 0.190. The molecule has 0 aliphatic heterocycles. The predicted octanol–water partition coefficient (Wildman–Crippen LogP) is 4.24. The highest BCUT2D eigenvalue weighted by Crippen LogP contribution is 2.24. The van der Waals surface area contributed by atoms with Crippen LogP contribution in [0.4, 0.5) is 5.13 Å². The van der Waals surface area contributed by atoms with E-state index in [4.69, 9.17) is 9.47 Å². The molecule has 0 aliphatic carbocycles. The molecule has 0 spiro atoms. The van der Waals surface area contributed by atoms with E-state index in [1.807, 2.05) is 18.2 Å². The number of amides is 1. The number of rotatable bonds is 9. The van der Waals surface area contributed by atoms with Crippen molar-refractivity contribution >= 4 is 38.3 Å². The molecule has 0 fully saturated rings. The van der Waals surface area contributed by atoms with Crippen LogP contribution in [0, 0.1) is 11.3 Å². The van der Waals surface area contributed by atoms with Gasteiger partial charge in [0.05, 0.1) is 0 Å². The van der Waals surface area contributed by atoms with Gasteiger partial charge in [-0.3, -0.25) is 10.1 Å². The lowest BCUT2D eigenvalue weighted by molar-refractivity contribution is -0.112. The van der Waals surface area contributed by atoms with Crippen molar-refractivity contribution in [2.75, 3.05) is 24.8 Å². The Morgan fingerprint density at radius 3 is 2.06 bits per heavy atom. The smallest absolute Gasteiger partial charge is 0.268 e. The van der Waals surface area contributed by atoms with E-state index in [0.717, 1.165) is 12.0 Å². The molecule has 36 heavy (non-hydrogen) atoms. The summed E-state index contributed by atoms with van der Waals surface area (Å²) in [5, 5.41) is 18.9. The molecular formula is C25H26N4O5S2. The van der Waals surface area contributed by atoms with Gasteiger partial charge in [-0.2, -0.15) is 5.26 Å². The molecule has 1 N–H and O–H groups in total. The normalized spacial score (nSPS) is 12.0. The van der Waals surface area contributed by atoms with Crippen LogP contribution in [-0.2, 0) is 20.0 Å². The Balaban J connectivity index is 1.51. The van der Waals surface area contributed by atoms with Gasteiger partial charge < -0.3 is 9.47 Å². The topological polar surface area (TPSA) is 131 Å². The van der Waals surface area contributed by atoms with Gasteiger partial charge in [-0.05, 0) is 46.9 Å². The molecular weight excluding hydrogens is 500 g/mol. The number of ether oxygens (including phenoxy) is 2. The summed E-state index contributed by atoms with van der Waals surface area (Å²) in [7, 11) is -3.53. The number of sulfone groups is 1. The van der Waals surface area contributed by atoms with Gasteiger partial charge in [0.25, 0.3) is 5.91 Å². The largest absolute Gasteiger partial charge is 0.490 e. The third-order valence-electron chi connectivity index (χ3n) is 4.84. The van der Waals surface area contributed by atoms with Gasteiger partial charge in [0.15, 0.2) is 0 Å². The number of aromatic nitrogens is 2. The van der Waals surface area contributed by atoms with Crippen molar-refractivity contribution in [1.82, 2.24) is 10.2 Å². The predicted molar refractivity (Wildman–Crippen MR) is 138 cm³/mol. The third kappa shape index (κ3) is 7.63. The second kappa shape index (κ2) is 11.3. The van der Waals surface area contributed by atoms with Crippen molar-refractivity contribution in [3.05, 3.63) is 65.2 Å². The van der Waals surface area contributed by atoms with Crippen molar-refractivity contribution < 1.29 is 22.7 Å². The SMILES string of the molecule is CC(C)(C)c1ccc(OCCOc2ccc(C=C(C#N)C(=O)Nc3nnc(S(C)(=O)=O)s3)cc2)cc1. The molecule has 3 aromatic rings. The number of benzene rings is 2. The van der Waals surface area contributed by atoms with Crippen LogP contribution in [0.1, 0.15) is 31.9 Å². The van der Waals surface area contributed by atoms with E-state index in [-0.39, 0.29) is 20.5 Å². The molecule has 11 heteroatoms. The average Bonchev–Trinajstić information content (AvgIpc) is 3.30. The number of nitriles is 1. The molecule has 1 amide bonds. The van der Waals surface area contributed by atoms with E-state index in [2.05, 4.69) is 48.4 Å². The van der Waals surface area contributed by atoms with Crippen LogP contribution in [0.15, 0.2) is 58.4 Å². The Bertz CT molecular complexity index is 1380. The molecule has 0 aliphatic rings. The standard InChI is InChI=1S/C25H26N4O5S2/c1-25(2,3)19-7-11-21(12-8-19)34-14-13-33-20-9-5-17(6-10-20)15-18(16-26)22(30)27-23-28-29-24(35-23)36(4,31)32/h5-12,15H,13-14H2,1-4H3,(H,27,28,30). The molecule has 188 valence electrons.